The van der Waals surface area contributed by atoms with Gasteiger partial charge in [0.25, 0.3) is 0 Å². The van der Waals surface area contributed by atoms with E-state index in [4.69, 9.17) is 0 Å². The van der Waals surface area contributed by atoms with Crippen LogP contribution in [0.1, 0.15) is 23.7 Å². The number of carbonyl (C=O) groups is 1. The zero-order chi connectivity index (χ0) is 13.1. The van der Waals surface area contributed by atoms with E-state index in [0.717, 1.165) is 0 Å². The minimum Gasteiger partial charge on any atom is -0.376 e. The van der Waals surface area contributed by atoms with Gasteiger partial charge in [-0.2, -0.15) is 0 Å². The lowest BCUT2D eigenvalue weighted by atomic mass is 9.89. The van der Waals surface area contributed by atoms with Gasteiger partial charge < -0.3 is 9.59 Å². The van der Waals surface area contributed by atoms with Gasteiger partial charge in [0, 0.05) is 5.56 Å². The average Bonchev–Trinajstić information content (AvgIpc) is 2.27. The minimum atomic E-state index is -1.28. The number of Topliss-reactive ketones (excluding diaryl/α,β-unsaturated/α-hetero) is 1. The quantitative estimate of drug-likeness (QED) is 0.624. The molecule has 0 bridgehead atoms. The van der Waals surface area contributed by atoms with Gasteiger partial charge in [-0.15, -0.1) is 0 Å². The number of hydrogen-bond donors (Lipinski definition) is 1. The van der Waals surface area contributed by atoms with Gasteiger partial charge in [-0.05, 0) is 6.42 Å². The van der Waals surface area contributed by atoms with E-state index in [1.165, 1.54) is 0 Å². The maximum absolute atomic E-state index is 12.3. The summed E-state index contributed by atoms with van der Waals surface area (Å²) in [4.78, 5) is 12.3. The fraction of sp³-hybridized carbons (Fsp3) is 0.500. The minimum absolute atomic E-state index is 0.186. The zero-order valence-corrected chi connectivity index (χ0v) is 11.1. The monoisotopic (exact) mass is 236 g/mol. The van der Waals surface area contributed by atoms with Crippen molar-refractivity contribution in [2.24, 2.45) is 0 Å². The number of likely N-dealkylation sites (N-methyl/N-ethyl adjacent to an activating group) is 1. The Morgan fingerprint density at radius 1 is 1.24 bits per heavy atom. The summed E-state index contributed by atoms with van der Waals surface area (Å²) in [6, 6.07) is 8.99. The first-order chi connectivity index (χ1) is 7.78. The van der Waals surface area contributed by atoms with Crippen LogP contribution in [-0.4, -0.2) is 48.7 Å². The van der Waals surface area contributed by atoms with E-state index in [0.29, 0.717) is 23.0 Å². The van der Waals surface area contributed by atoms with E-state index in [-0.39, 0.29) is 5.78 Å². The molecule has 0 fully saturated rings. The molecule has 1 unspecified atom stereocenters. The largest absolute Gasteiger partial charge is 0.376 e. The number of benzene rings is 1. The molecule has 0 amide bonds. The van der Waals surface area contributed by atoms with E-state index in [2.05, 4.69) is 0 Å². The number of carbonyl (C=O) groups excluding carboxylic acids is 1. The van der Waals surface area contributed by atoms with Gasteiger partial charge >= 0.3 is 0 Å². The van der Waals surface area contributed by atoms with Gasteiger partial charge in [-0.1, -0.05) is 37.3 Å². The van der Waals surface area contributed by atoms with Crippen LogP contribution in [0.4, 0.5) is 0 Å². The topological polar surface area (TPSA) is 37.3 Å². The molecule has 0 heterocycles. The molecule has 1 N–H and O–H groups in total. The molecular weight excluding hydrogens is 214 g/mol. The highest BCUT2D eigenvalue weighted by Gasteiger charge is 2.39. The Morgan fingerprint density at radius 3 is 2.18 bits per heavy atom. The number of ketones is 1. The number of aliphatic hydroxyl groups is 1. The van der Waals surface area contributed by atoms with E-state index in [1.54, 1.807) is 12.1 Å². The molecule has 1 aromatic rings. The molecule has 0 radical (unpaired) electrons. The van der Waals surface area contributed by atoms with Crippen molar-refractivity contribution in [3.8, 4) is 0 Å². The predicted octanol–water partition coefficient (Wildman–Crippen LogP) is 1.72. The molecule has 3 heteroatoms. The highest BCUT2D eigenvalue weighted by atomic mass is 16.3. The molecular formula is C14H22NO2+. The maximum atomic E-state index is 12.3. The third-order valence-electron chi connectivity index (χ3n) is 2.78. The molecule has 1 rings (SSSR count). The van der Waals surface area contributed by atoms with Gasteiger partial charge in [0.2, 0.25) is 0 Å². The first-order valence-electron chi connectivity index (χ1n) is 5.91. The van der Waals surface area contributed by atoms with Crippen LogP contribution in [0.2, 0.25) is 0 Å². The van der Waals surface area contributed by atoms with Crippen molar-refractivity contribution in [1.29, 1.82) is 0 Å². The molecule has 1 atom stereocenters. The summed E-state index contributed by atoms with van der Waals surface area (Å²) in [5.41, 5.74) is -0.704. The molecule has 3 nitrogen and oxygen atoms in total. The van der Waals surface area contributed by atoms with Crippen molar-refractivity contribution in [2.75, 3.05) is 27.7 Å². The number of rotatable bonds is 5. The molecule has 0 saturated carbocycles. The number of nitrogens with zero attached hydrogens (tertiary/aromatic N) is 1. The predicted molar refractivity (Wildman–Crippen MR) is 68.9 cm³/mol. The van der Waals surface area contributed by atoms with Gasteiger partial charge in [-0.25, -0.2) is 0 Å². The van der Waals surface area contributed by atoms with Crippen LogP contribution >= 0.6 is 0 Å². The maximum Gasteiger partial charge on any atom is 0.200 e. The van der Waals surface area contributed by atoms with Crippen LogP contribution in [0, 0.1) is 0 Å². The summed E-state index contributed by atoms with van der Waals surface area (Å²) < 4.78 is 0.558. The Hall–Kier alpha value is -1.19. The summed E-state index contributed by atoms with van der Waals surface area (Å²) in [5.74, 6) is -0.186. The van der Waals surface area contributed by atoms with Crippen LogP contribution in [0.3, 0.4) is 0 Å². The molecule has 0 aliphatic rings. The van der Waals surface area contributed by atoms with E-state index >= 15 is 0 Å². The van der Waals surface area contributed by atoms with Crippen LogP contribution in [-0.2, 0) is 0 Å². The highest BCUT2D eigenvalue weighted by Crippen LogP contribution is 2.20. The first-order valence-corrected chi connectivity index (χ1v) is 5.91. The van der Waals surface area contributed by atoms with Crippen molar-refractivity contribution in [2.45, 2.75) is 18.9 Å². The van der Waals surface area contributed by atoms with Gasteiger partial charge in [0.1, 0.15) is 6.54 Å². The average molecular weight is 236 g/mol. The standard InChI is InChI=1S/C14H22NO2/c1-5-14(17,11-15(2,3)4)13(16)12-9-7-6-8-10-12/h6-10,17H,5,11H2,1-4H3/q+1. The molecule has 17 heavy (non-hydrogen) atoms. The summed E-state index contributed by atoms with van der Waals surface area (Å²) in [5, 5.41) is 10.5. The number of quaternary nitrogens is 1. The van der Waals surface area contributed by atoms with Crippen LogP contribution in [0.25, 0.3) is 0 Å². The summed E-state index contributed by atoms with van der Waals surface area (Å²) in [6.07, 6.45) is 0.427. The summed E-state index contributed by atoms with van der Waals surface area (Å²) in [6.45, 7) is 2.26. The Labute approximate surface area is 103 Å². The first kappa shape index (κ1) is 13.9. The van der Waals surface area contributed by atoms with Crippen molar-refractivity contribution >= 4 is 5.78 Å². The Kier molecular flexibility index (Phi) is 4.07. The smallest absolute Gasteiger partial charge is 0.200 e. The van der Waals surface area contributed by atoms with Crippen LogP contribution in [0.5, 0.6) is 0 Å². The van der Waals surface area contributed by atoms with E-state index in [1.807, 2.05) is 46.3 Å². The van der Waals surface area contributed by atoms with Crippen molar-refractivity contribution in [3.63, 3.8) is 0 Å². The van der Waals surface area contributed by atoms with Crippen LogP contribution in [0.15, 0.2) is 30.3 Å². The Bertz CT molecular complexity index is 381. The van der Waals surface area contributed by atoms with E-state index in [9.17, 15) is 9.90 Å². The van der Waals surface area contributed by atoms with Gasteiger partial charge in [0.15, 0.2) is 11.4 Å². The second-order valence-electron chi connectivity index (χ2n) is 5.53. The van der Waals surface area contributed by atoms with Crippen molar-refractivity contribution in [3.05, 3.63) is 35.9 Å². The SMILES string of the molecule is CCC(O)(C[N+](C)(C)C)C(=O)c1ccccc1. The summed E-state index contributed by atoms with van der Waals surface area (Å²) in [7, 11) is 5.91. The van der Waals surface area contributed by atoms with Crippen molar-refractivity contribution in [1.82, 2.24) is 0 Å². The summed E-state index contributed by atoms with van der Waals surface area (Å²) >= 11 is 0. The molecule has 0 spiro atoms. The lowest BCUT2D eigenvalue weighted by Gasteiger charge is -2.34. The third kappa shape index (κ3) is 3.65. The Morgan fingerprint density at radius 2 is 1.76 bits per heavy atom. The lowest BCUT2D eigenvalue weighted by molar-refractivity contribution is -0.875. The van der Waals surface area contributed by atoms with E-state index < -0.39 is 5.60 Å². The third-order valence-corrected chi connectivity index (χ3v) is 2.78. The normalized spacial score (nSPS) is 15.4. The molecule has 0 aromatic heterocycles. The fourth-order valence-electron chi connectivity index (χ4n) is 1.99. The molecule has 0 aliphatic carbocycles. The zero-order valence-electron chi connectivity index (χ0n) is 11.1. The second kappa shape index (κ2) is 4.98. The molecule has 0 aliphatic heterocycles. The number of hydrogen-bond acceptors (Lipinski definition) is 2. The lowest BCUT2D eigenvalue weighted by Crippen LogP contribution is -2.53. The van der Waals surface area contributed by atoms with Crippen LogP contribution < -0.4 is 0 Å². The molecule has 1 aromatic carbocycles. The van der Waals surface area contributed by atoms with Gasteiger partial charge in [-0.3, -0.25) is 4.79 Å². The Balaban J connectivity index is 2.98. The highest BCUT2D eigenvalue weighted by molar-refractivity contribution is 6.02. The fourth-order valence-corrected chi connectivity index (χ4v) is 1.99. The molecule has 94 valence electrons. The molecule has 0 saturated heterocycles. The van der Waals surface area contributed by atoms with Gasteiger partial charge in [0.05, 0.1) is 21.1 Å². The second-order valence-corrected chi connectivity index (χ2v) is 5.53. The van der Waals surface area contributed by atoms with Crippen molar-refractivity contribution < 1.29 is 14.4 Å².